The number of Topliss-reactive ketones (excluding diaryl/α,β-unsaturated/α-hetero) is 1. The number of hydrogen-bond donors (Lipinski definition) is 0. The maximum Gasteiger partial charge on any atom is 0.167 e. The molecule has 0 bridgehead atoms. The molecule has 0 fully saturated rings. The fourth-order valence-electron chi connectivity index (χ4n) is 2.35. The lowest BCUT2D eigenvalue weighted by molar-refractivity contribution is 0.0986. The summed E-state index contributed by atoms with van der Waals surface area (Å²) in [6.07, 6.45) is 1.74. The summed E-state index contributed by atoms with van der Waals surface area (Å²) in [4.78, 5) is 11.9. The summed E-state index contributed by atoms with van der Waals surface area (Å²) in [5.41, 5.74) is 1.31. The van der Waals surface area contributed by atoms with Gasteiger partial charge in [0, 0.05) is 12.0 Å². The third-order valence-corrected chi connectivity index (χ3v) is 3.20. The van der Waals surface area contributed by atoms with Gasteiger partial charge in [-0.3, -0.25) is 4.79 Å². The van der Waals surface area contributed by atoms with Crippen molar-refractivity contribution in [1.29, 1.82) is 0 Å². The van der Waals surface area contributed by atoms with Crippen LogP contribution in [0.5, 0.6) is 5.75 Å². The van der Waals surface area contributed by atoms with Gasteiger partial charge in [-0.25, -0.2) is 9.02 Å². The second kappa shape index (κ2) is 4.46. The zero-order valence-electron chi connectivity index (χ0n) is 10.2. The predicted molar refractivity (Wildman–Crippen MR) is 62.4 cm³/mol. The van der Waals surface area contributed by atoms with Crippen LogP contribution in [-0.2, 0) is 6.61 Å². The molecule has 0 N–H and O–H groups in total. The minimum atomic E-state index is -0.358. The van der Waals surface area contributed by atoms with Crippen LogP contribution < -0.4 is 4.74 Å². The van der Waals surface area contributed by atoms with Crippen molar-refractivity contribution < 1.29 is 18.6 Å². The van der Waals surface area contributed by atoms with E-state index in [0.29, 0.717) is 29.0 Å². The molecule has 0 aliphatic heterocycles. The Balaban J connectivity index is 1.93. The first-order chi connectivity index (χ1) is 9.16. The summed E-state index contributed by atoms with van der Waals surface area (Å²) in [5.74, 6) is -0.174. The number of hydrogen-bond acceptors (Lipinski definition) is 5. The van der Waals surface area contributed by atoms with Crippen LogP contribution in [0.2, 0.25) is 0 Å². The van der Waals surface area contributed by atoms with E-state index in [1.807, 2.05) is 6.92 Å². The summed E-state index contributed by atoms with van der Waals surface area (Å²) in [5, 5.41) is 7.06. The van der Waals surface area contributed by atoms with E-state index in [-0.39, 0.29) is 24.1 Å². The number of halogens is 1. The quantitative estimate of drug-likeness (QED) is 0.850. The molecule has 1 aromatic carbocycles. The lowest BCUT2D eigenvalue weighted by Gasteiger charge is -2.10. The van der Waals surface area contributed by atoms with Crippen LogP contribution in [0, 0.1) is 5.82 Å². The number of ketones is 1. The number of carbonyl (C=O) groups is 1. The van der Waals surface area contributed by atoms with E-state index in [4.69, 9.17) is 4.74 Å². The number of rotatable bonds is 3. The molecular formula is C13H11FN2O3. The van der Waals surface area contributed by atoms with Crippen LogP contribution in [0.1, 0.15) is 40.9 Å². The van der Waals surface area contributed by atoms with Crippen LogP contribution in [0.15, 0.2) is 23.0 Å². The minimum absolute atomic E-state index is 0.0877. The van der Waals surface area contributed by atoms with Crippen molar-refractivity contribution >= 4 is 5.78 Å². The molecular weight excluding hydrogens is 251 g/mol. The first-order valence-corrected chi connectivity index (χ1v) is 5.91. The molecule has 3 rings (SSSR count). The van der Waals surface area contributed by atoms with E-state index in [1.54, 1.807) is 0 Å². The van der Waals surface area contributed by atoms with Crippen molar-refractivity contribution in [3.05, 3.63) is 41.0 Å². The molecule has 6 heteroatoms. The van der Waals surface area contributed by atoms with Gasteiger partial charge in [0.25, 0.3) is 0 Å². The number of benzene rings is 1. The summed E-state index contributed by atoms with van der Waals surface area (Å²) in [6, 6.07) is 2.79. The van der Waals surface area contributed by atoms with Crippen molar-refractivity contribution in [3.63, 3.8) is 0 Å². The summed E-state index contributed by atoms with van der Waals surface area (Å²) >= 11 is 0. The van der Waals surface area contributed by atoms with E-state index in [2.05, 4.69) is 14.9 Å². The molecule has 0 saturated heterocycles. The van der Waals surface area contributed by atoms with Crippen molar-refractivity contribution in [2.24, 2.45) is 0 Å². The average molecular weight is 262 g/mol. The maximum absolute atomic E-state index is 13.8. The Morgan fingerprint density at radius 2 is 2.37 bits per heavy atom. The van der Waals surface area contributed by atoms with Gasteiger partial charge < -0.3 is 4.74 Å². The van der Waals surface area contributed by atoms with E-state index in [0.717, 1.165) is 0 Å². The SMILES string of the molecule is C[C@H]1CC(=O)c2c(OCc3cnon3)ccc(F)c21. The number of aromatic nitrogens is 2. The van der Waals surface area contributed by atoms with E-state index in [1.165, 1.54) is 18.3 Å². The second-order valence-corrected chi connectivity index (χ2v) is 4.55. The Morgan fingerprint density at radius 1 is 1.53 bits per heavy atom. The molecule has 0 spiro atoms. The molecule has 1 heterocycles. The molecule has 0 saturated carbocycles. The highest BCUT2D eigenvalue weighted by Gasteiger charge is 2.32. The third kappa shape index (κ3) is 1.99. The topological polar surface area (TPSA) is 65.2 Å². The Morgan fingerprint density at radius 3 is 3.11 bits per heavy atom. The van der Waals surface area contributed by atoms with E-state index in [9.17, 15) is 9.18 Å². The Hall–Kier alpha value is -2.24. The Labute approximate surface area is 108 Å². The summed E-state index contributed by atoms with van der Waals surface area (Å²) < 4.78 is 23.7. The van der Waals surface area contributed by atoms with Gasteiger partial charge in [0.2, 0.25) is 0 Å². The van der Waals surface area contributed by atoms with Crippen molar-refractivity contribution in [2.45, 2.75) is 25.9 Å². The first kappa shape index (κ1) is 11.8. The van der Waals surface area contributed by atoms with Gasteiger partial charge >= 0.3 is 0 Å². The zero-order chi connectivity index (χ0) is 13.4. The molecule has 2 aromatic rings. The van der Waals surface area contributed by atoms with Gasteiger partial charge in [-0.05, 0) is 18.1 Å². The normalized spacial score (nSPS) is 17.6. The highest BCUT2D eigenvalue weighted by atomic mass is 19.1. The van der Waals surface area contributed by atoms with Crippen molar-refractivity contribution in [3.8, 4) is 5.75 Å². The molecule has 0 unspecified atom stereocenters. The largest absolute Gasteiger partial charge is 0.486 e. The van der Waals surface area contributed by atoms with Gasteiger partial charge in [0.05, 0.1) is 11.8 Å². The van der Waals surface area contributed by atoms with Gasteiger partial charge in [-0.1, -0.05) is 17.2 Å². The van der Waals surface area contributed by atoms with Crippen molar-refractivity contribution in [1.82, 2.24) is 10.3 Å². The summed E-state index contributed by atoms with van der Waals surface area (Å²) in [6.45, 7) is 1.96. The Bertz CT molecular complexity index is 625. The van der Waals surface area contributed by atoms with Gasteiger partial charge in [0.15, 0.2) is 5.78 Å². The summed E-state index contributed by atoms with van der Waals surface area (Å²) in [7, 11) is 0. The van der Waals surface area contributed by atoms with Crippen LogP contribution in [0.3, 0.4) is 0 Å². The smallest absolute Gasteiger partial charge is 0.167 e. The standard InChI is InChI=1S/C13H11FN2O3/c1-7-4-10(17)13-11(3-2-9(14)12(7)13)18-6-8-5-15-19-16-8/h2-3,5,7H,4,6H2,1H3/t7-/m0/s1. The highest BCUT2D eigenvalue weighted by molar-refractivity contribution is 6.03. The van der Waals surface area contributed by atoms with E-state index >= 15 is 0 Å². The average Bonchev–Trinajstić information content (AvgIpc) is 2.98. The molecule has 1 aliphatic rings. The number of carbonyl (C=O) groups excluding carboxylic acids is 1. The predicted octanol–water partition coefficient (Wildman–Crippen LogP) is 2.48. The van der Waals surface area contributed by atoms with Crippen LogP contribution in [0.25, 0.3) is 0 Å². The molecule has 0 amide bonds. The van der Waals surface area contributed by atoms with Crippen molar-refractivity contribution in [2.75, 3.05) is 0 Å². The number of fused-ring (bicyclic) bond motifs is 1. The van der Waals surface area contributed by atoms with Crippen LogP contribution >= 0.6 is 0 Å². The van der Waals surface area contributed by atoms with Crippen LogP contribution in [-0.4, -0.2) is 16.1 Å². The molecule has 19 heavy (non-hydrogen) atoms. The van der Waals surface area contributed by atoms with Crippen LogP contribution in [0.4, 0.5) is 4.39 Å². The fourth-order valence-corrected chi connectivity index (χ4v) is 2.35. The molecule has 5 nitrogen and oxygen atoms in total. The minimum Gasteiger partial charge on any atom is -0.486 e. The zero-order valence-corrected chi connectivity index (χ0v) is 10.2. The molecule has 1 aliphatic carbocycles. The molecule has 98 valence electrons. The number of nitrogens with zero attached hydrogens (tertiary/aromatic N) is 2. The first-order valence-electron chi connectivity index (χ1n) is 5.91. The lowest BCUT2D eigenvalue weighted by Crippen LogP contribution is -2.03. The fraction of sp³-hybridized carbons (Fsp3) is 0.308. The second-order valence-electron chi connectivity index (χ2n) is 4.55. The van der Waals surface area contributed by atoms with Gasteiger partial charge in [0.1, 0.15) is 23.9 Å². The Kier molecular flexibility index (Phi) is 2.77. The van der Waals surface area contributed by atoms with E-state index < -0.39 is 0 Å². The monoisotopic (exact) mass is 262 g/mol. The molecule has 1 aromatic heterocycles. The lowest BCUT2D eigenvalue weighted by atomic mass is 10.0. The van der Waals surface area contributed by atoms with Gasteiger partial charge in [-0.15, -0.1) is 0 Å². The number of ether oxygens (including phenoxy) is 1. The maximum atomic E-state index is 13.8. The third-order valence-electron chi connectivity index (χ3n) is 3.20. The molecule has 0 radical (unpaired) electrons. The van der Waals surface area contributed by atoms with Gasteiger partial charge in [-0.2, -0.15) is 0 Å². The highest BCUT2D eigenvalue weighted by Crippen LogP contribution is 2.39. The molecule has 1 atom stereocenters.